The predicted octanol–water partition coefficient (Wildman–Crippen LogP) is 1.04. The van der Waals surface area contributed by atoms with Crippen molar-refractivity contribution in [1.82, 2.24) is 9.97 Å². The SMILES string of the molecule is NCCC1CCCN(c2ccncn2)C1. The van der Waals surface area contributed by atoms with Crippen LogP contribution in [0, 0.1) is 5.92 Å². The quantitative estimate of drug-likeness (QED) is 0.803. The first-order chi connectivity index (χ1) is 7.40. The van der Waals surface area contributed by atoms with Gasteiger partial charge >= 0.3 is 0 Å². The van der Waals surface area contributed by atoms with Crippen LogP contribution in [0.25, 0.3) is 0 Å². The molecule has 0 aliphatic carbocycles. The van der Waals surface area contributed by atoms with Crippen LogP contribution in [0.15, 0.2) is 18.6 Å². The van der Waals surface area contributed by atoms with Gasteiger partial charge in [0.05, 0.1) is 0 Å². The summed E-state index contributed by atoms with van der Waals surface area (Å²) in [7, 11) is 0. The zero-order valence-corrected chi connectivity index (χ0v) is 8.97. The Morgan fingerprint density at radius 3 is 3.20 bits per heavy atom. The van der Waals surface area contributed by atoms with Crippen molar-refractivity contribution in [2.45, 2.75) is 19.3 Å². The van der Waals surface area contributed by atoms with E-state index >= 15 is 0 Å². The molecule has 0 amide bonds. The van der Waals surface area contributed by atoms with Gasteiger partial charge in [0.2, 0.25) is 0 Å². The number of aromatic nitrogens is 2. The van der Waals surface area contributed by atoms with E-state index in [0.717, 1.165) is 37.8 Å². The predicted molar refractivity (Wildman–Crippen MR) is 60.6 cm³/mol. The van der Waals surface area contributed by atoms with Gasteiger partial charge in [-0.1, -0.05) is 0 Å². The molecule has 1 fully saturated rings. The van der Waals surface area contributed by atoms with Gasteiger partial charge < -0.3 is 10.6 Å². The van der Waals surface area contributed by atoms with E-state index in [0.29, 0.717) is 0 Å². The minimum absolute atomic E-state index is 0.735. The van der Waals surface area contributed by atoms with Crippen LogP contribution in [-0.4, -0.2) is 29.6 Å². The molecular formula is C11H18N4. The molecule has 4 nitrogen and oxygen atoms in total. The van der Waals surface area contributed by atoms with Crippen LogP contribution >= 0.6 is 0 Å². The fourth-order valence-electron chi connectivity index (χ4n) is 2.22. The molecular weight excluding hydrogens is 188 g/mol. The minimum Gasteiger partial charge on any atom is -0.356 e. The lowest BCUT2D eigenvalue weighted by atomic mass is 9.95. The number of hydrogen-bond donors (Lipinski definition) is 1. The second kappa shape index (κ2) is 5.07. The topological polar surface area (TPSA) is 55.0 Å². The molecule has 1 aliphatic heterocycles. The molecule has 1 unspecified atom stereocenters. The van der Waals surface area contributed by atoms with Gasteiger partial charge in [-0.3, -0.25) is 0 Å². The van der Waals surface area contributed by atoms with Crippen LogP contribution in [0.3, 0.4) is 0 Å². The van der Waals surface area contributed by atoms with Gasteiger partial charge in [-0.25, -0.2) is 9.97 Å². The van der Waals surface area contributed by atoms with E-state index < -0.39 is 0 Å². The second-order valence-corrected chi connectivity index (χ2v) is 4.10. The van der Waals surface area contributed by atoms with Crippen molar-refractivity contribution in [3.63, 3.8) is 0 Å². The monoisotopic (exact) mass is 206 g/mol. The molecule has 1 atom stereocenters. The van der Waals surface area contributed by atoms with E-state index in [1.54, 1.807) is 12.5 Å². The average Bonchev–Trinajstić information content (AvgIpc) is 2.31. The molecule has 0 saturated carbocycles. The summed E-state index contributed by atoms with van der Waals surface area (Å²) in [5.74, 6) is 1.78. The van der Waals surface area contributed by atoms with Crippen LogP contribution in [0.1, 0.15) is 19.3 Å². The van der Waals surface area contributed by atoms with Crippen LogP contribution in [0.5, 0.6) is 0 Å². The van der Waals surface area contributed by atoms with Gasteiger partial charge in [0, 0.05) is 19.3 Å². The van der Waals surface area contributed by atoms with Crippen LogP contribution in [0.4, 0.5) is 5.82 Å². The van der Waals surface area contributed by atoms with E-state index in [1.807, 2.05) is 6.07 Å². The molecule has 0 aromatic carbocycles. The Hall–Kier alpha value is -1.16. The number of nitrogens with zero attached hydrogens (tertiary/aromatic N) is 3. The van der Waals surface area contributed by atoms with Gasteiger partial charge in [0.15, 0.2) is 0 Å². The molecule has 2 N–H and O–H groups in total. The third-order valence-corrected chi connectivity index (χ3v) is 2.98. The van der Waals surface area contributed by atoms with Crippen LogP contribution < -0.4 is 10.6 Å². The fraction of sp³-hybridized carbons (Fsp3) is 0.636. The van der Waals surface area contributed by atoms with Crippen molar-refractivity contribution in [1.29, 1.82) is 0 Å². The molecule has 0 spiro atoms. The normalized spacial score (nSPS) is 21.7. The molecule has 82 valence electrons. The smallest absolute Gasteiger partial charge is 0.131 e. The highest BCUT2D eigenvalue weighted by Crippen LogP contribution is 2.22. The van der Waals surface area contributed by atoms with Gasteiger partial charge in [0.1, 0.15) is 12.1 Å². The molecule has 1 aromatic rings. The summed E-state index contributed by atoms with van der Waals surface area (Å²) in [4.78, 5) is 10.6. The Labute approximate surface area is 90.5 Å². The molecule has 2 heterocycles. The fourth-order valence-corrected chi connectivity index (χ4v) is 2.22. The summed E-state index contributed by atoms with van der Waals surface area (Å²) in [5.41, 5.74) is 5.60. The van der Waals surface area contributed by atoms with Gasteiger partial charge in [-0.2, -0.15) is 0 Å². The Kier molecular flexibility index (Phi) is 3.50. The van der Waals surface area contributed by atoms with Gasteiger partial charge in [0.25, 0.3) is 0 Å². The van der Waals surface area contributed by atoms with E-state index in [-0.39, 0.29) is 0 Å². The van der Waals surface area contributed by atoms with Crippen molar-refractivity contribution in [2.24, 2.45) is 11.7 Å². The number of rotatable bonds is 3. The second-order valence-electron chi connectivity index (χ2n) is 4.10. The van der Waals surface area contributed by atoms with Crippen molar-refractivity contribution in [3.05, 3.63) is 18.6 Å². The highest BCUT2D eigenvalue weighted by Gasteiger charge is 2.19. The minimum atomic E-state index is 0.735. The molecule has 0 radical (unpaired) electrons. The summed E-state index contributed by atoms with van der Waals surface area (Å²) in [6, 6.07) is 1.98. The molecule has 1 aliphatic rings. The summed E-state index contributed by atoms with van der Waals surface area (Å²) in [6.45, 7) is 2.99. The summed E-state index contributed by atoms with van der Waals surface area (Å²) in [6.07, 6.45) is 7.09. The lowest BCUT2D eigenvalue weighted by Crippen LogP contribution is -2.36. The third kappa shape index (κ3) is 2.65. The lowest BCUT2D eigenvalue weighted by Gasteiger charge is -2.33. The van der Waals surface area contributed by atoms with Crippen molar-refractivity contribution < 1.29 is 0 Å². The molecule has 2 rings (SSSR count). The van der Waals surface area contributed by atoms with Crippen molar-refractivity contribution >= 4 is 5.82 Å². The zero-order chi connectivity index (χ0) is 10.5. The average molecular weight is 206 g/mol. The molecule has 1 saturated heterocycles. The number of nitrogens with two attached hydrogens (primary N) is 1. The van der Waals surface area contributed by atoms with Crippen LogP contribution in [0.2, 0.25) is 0 Å². The Morgan fingerprint density at radius 1 is 1.53 bits per heavy atom. The maximum atomic E-state index is 5.60. The number of piperidine rings is 1. The van der Waals surface area contributed by atoms with Gasteiger partial charge in [-0.15, -0.1) is 0 Å². The maximum absolute atomic E-state index is 5.60. The molecule has 1 aromatic heterocycles. The van der Waals surface area contributed by atoms with Crippen LogP contribution in [-0.2, 0) is 0 Å². The number of hydrogen-bond acceptors (Lipinski definition) is 4. The summed E-state index contributed by atoms with van der Waals surface area (Å²) < 4.78 is 0. The van der Waals surface area contributed by atoms with E-state index in [1.165, 1.54) is 12.8 Å². The van der Waals surface area contributed by atoms with E-state index in [2.05, 4.69) is 14.9 Å². The largest absolute Gasteiger partial charge is 0.356 e. The standard InChI is InChI=1S/C11H18N4/c12-5-3-10-2-1-7-15(8-10)11-4-6-13-9-14-11/h4,6,9-10H,1-3,5,7-8,12H2. The summed E-state index contributed by atoms with van der Waals surface area (Å²) in [5, 5.41) is 0. The highest BCUT2D eigenvalue weighted by molar-refractivity contribution is 5.36. The first-order valence-corrected chi connectivity index (χ1v) is 5.61. The Bertz CT molecular complexity index is 286. The lowest BCUT2D eigenvalue weighted by molar-refractivity contribution is 0.394. The Morgan fingerprint density at radius 2 is 2.47 bits per heavy atom. The highest BCUT2D eigenvalue weighted by atomic mass is 15.2. The van der Waals surface area contributed by atoms with Crippen molar-refractivity contribution in [3.8, 4) is 0 Å². The Balaban J connectivity index is 1.98. The summed E-state index contributed by atoms with van der Waals surface area (Å²) >= 11 is 0. The maximum Gasteiger partial charge on any atom is 0.131 e. The first-order valence-electron chi connectivity index (χ1n) is 5.61. The van der Waals surface area contributed by atoms with Gasteiger partial charge in [-0.05, 0) is 37.8 Å². The third-order valence-electron chi connectivity index (χ3n) is 2.98. The van der Waals surface area contributed by atoms with Crippen molar-refractivity contribution in [2.75, 3.05) is 24.5 Å². The first kappa shape index (κ1) is 10.4. The zero-order valence-electron chi connectivity index (χ0n) is 8.97. The molecule has 4 heteroatoms. The molecule has 15 heavy (non-hydrogen) atoms. The molecule has 0 bridgehead atoms. The number of anilines is 1. The van der Waals surface area contributed by atoms with E-state index in [9.17, 15) is 0 Å². The van der Waals surface area contributed by atoms with E-state index in [4.69, 9.17) is 5.73 Å².